The lowest BCUT2D eigenvalue weighted by molar-refractivity contribution is -0.137. The number of carbonyl (C=O) groups is 1. The van der Waals surface area contributed by atoms with Crippen LogP contribution in [-0.4, -0.2) is 19.9 Å². The van der Waals surface area contributed by atoms with Crippen molar-refractivity contribution in [2.75, 3.05) is 18.5 Å². The fourth-order valence-corrected chi connectivity index (χ4v) is 1.83. The van der Waals surface area contributed by atoms with Crippen molar-refractivity contribution in [3.8, 4) is 0 Å². The van der Waals surface area contributed by atoms with E-state index in [1.165, 1.54) is 6.07 Å². The van der Waals surface area contributed by atoms with Crippen LogP contribution >= 0.6 is 0 Å². The maximum Gasteiger partial charge on any atom is 0.417 e. The standard InChI is InChI=1S/C14H18F3NO/c1-4-10(2)8-18(3)12-6-5-11(9-19)13(7-12)14(15,16)17/h5-7,9-10H,4,8H2,1-3H3. The van der Waals surface area contributed by atoms with Crippen LogP contribution in [0.2, 0.25) is 0 Å². The zero-order valence-electron chi connectivity index (χ0n) is 11.3. The van der Waals surface area contributed by atoms with Crippen LogP contribution in [0.3, 0.4) is 0 Å². The van der Waals surface area contributed by atoms with E-state index in [0.717, 1.165) is 12.5 Å². The van der Waals surface area contributed by atoms with Crippen LogP contribution in [0.15, 0.2) is 18.2 Å². The second-order valence-electron chi connectivity index (χ2n) is 4.78. The Kier molecular flexibility index (Phi) is 4.97. The molecule has 0 aliphatic rings. The monoisotopic (exact) mass is 273 g/mol. The summed E-state index contributed by atoms with van der Waals surface area (Å²) in [6, 6.07) is 3.80. The van der Waals surface area contributed by atoms with E-state index in [2.05, 4.69) is 0 Å². The molecule has 0 radical (unpaired) electrons. The van der Waals surface area contributed by atoms with Gasteiger partial charge >= 0.3 is 6.18 Å². The van der Waals surface area contributed by atoms with Gasteiger partial charge in [-0.3, -0.25) is 4.79 Å². The number of carbonyl (C=O) groups excluding carboxylic acids is 1. The third-order valence-electron chi connectivity index (χ3n) is 3.19. The zero-order chi connectivity index (χ0) is 14.6. The molecule has 1 unspecified atom stereocenters. The lowest BCUT2D eigenvalue weighted by atomic mass is 10.1. The van der Waals surface area contributed by atoms with E-state index in [-0.39, 0.29) is 11.8 Å². The van der Waals surface area contributed by atoms with Gasteiger partial charge in [0.15, 0.2) is 6.29 Å². The predicted octanol–water partition coefficient (Wildman–Crippen LogP) is 4.00. The molecule has 19 heavy (non-hydrogen) atoms. The lowest BCUT2D eigenvalue weighted by Crippen LogP contribution is -2.24. The first kappa shape index (κ1) is 15.5. The number of benzene rings is 1. The number of anilines is 1. The summed E-state index contributed by atoms with van der Waals surface area (Å²) >= 11 is 0. The summed E-state index contributed by atoms with van der Waals surface area (Å²) in [4.78, 5) is 12.4. The molecular weight excluding hydrogens is 255 g/mol. The minimum absolute atomic E-state index is 0.237. The van der Waals surface area contributed by atoms with Gasteiger partial charge in [-0.2, -0.15) is 13.2 Å². The highest BCUT2D eigenvalue weighted by atomic mass is 19.4. The molecule has 0 fully saturated rings. The molecule has 1 rings (SSSR count). The highest BCUT2D eigenvalue weighted by Gasteiger charge is 2.33. The molecule has 0 heterocycles. The number of halogens is 3. The molecule has 2 nitrogen and oxygen atoms in total. The van der Waals surface area contributed by atoms with Crippen LogP contribution in [0.1, 0.15) is 36.2 Å². The van der Waals surface area contributed by atoms with Gasteiger partial charge < -0.3 is 4.90 Å². The molecular formula is C14H18F3NO. The Labute approximate surface area is 111 Å². The molecule has 0 bridgehead atoms. The molecule has 0 aromatic heterocycles. The molecule has 0 saturated heterocycles. The normalized spacial score (nSPS) is 13.2. The number of rotatable bonds is 5. The Hall–Kier alpha value is -1.52. The average molecular weight is 273 g/mol. The van der Waals surface area contributed by atoms with Gasteiger partial charge in [-0.25, -0.2) is 0 Å². The molecule has 5 heteroatoms. The fraction of sp³-hybridized carbons (Fsp3) is 0.500. The second kappa shape index (κ2) is 6.08. The molecule has 0 N–H and O–H groups in total. The van der Waals surface area contributed by atoms with Crippen molar-refractivity contribution in [2.45, 2.75) is 26.4 Å². The Morgan fingerprint density at radius 3 is 2.47 bits per heavy atom. The molecule has 1 atom stereocenters. The van der Waals surface area contributed by atoms with E-state index < -0.39 is 11.7 Å². The highest BCUT2D eigenvalue weighted by Crippen LogP contribution is 2.34. The van der Waals surface area contributed by atoms with Crippen molar-refractivity contribution >= 4 is 12.0 Å². The van der Waals surface area contributed by atoms with Crippen molar-refractivity contribution in [1.82, 2.24) is 0 Å². The number of hydrogen-bond acceptors (Lipinski definition) is 2. The van der Waals surface area contributed by atoms with Crippen molar-refractivity contribution in [3.05, 3.63) is 29.3 Å². The smallest absolute Gasteiger partial charge is 0.374 e. The summed E-state index contributed by atoms with van der Waals surface area (Å²) in [5.74, 6) is 0.394. The topological polar surface area (TPSA) is 20.3 Å². The molecule has 0 aliphatic carbocycles. The van der Waals surface area contributed by atoms with Crippen LogP contribution < -0.4 is 4.90 Å². The largest absolute Gasteiger partial charge is 0.417 e. The Morgan fingerprint density at radius 2 is 2.00 bits per heavy atom. The number of alkyl halides is 3. The quantitative estimate of drug-likeness (QED) is 0.756. The van der Waals surface area contributed by atoms with Crippen LogP contribution in [0, 0.1) is 5.92 Å². The van der Waals surface area contributed by atoms with Gasteiger partial charge in [0.25, 0.3) is 0 Å². The fourth-order valence-electron chi connectivity index (χ4n) is 1.83. The first-order valence-corrected chi connectivity index (χ1v) is 6.17. The lowest BCUT2D eigenvalue weighted by Gasteiger charge is -2.24. The SMILES string of the molecule is CCC(C)CN(C)c1ccc(C=O)c(C(F)(F)F)c1. The summed E-state index contributed by atoms with van der Waals surface area (Å²) in [6.45, 7) is 4.75. The van der Waals surface area contributed by atoms with Crippen LogP contribution in [-0.2, 0) is 6.18 Å². The first-order chi connectivity index (χ1) is 8.79. The van der Waals surface area contributed by atoms with Crippen LogP contribution in [0.5, 0.6) is 0 Å². The van der Waals surface area contributed by atoms with E-state index >= 15 is 0 Å². The summed E-state index contributed by atoms with van der Waals surface area (Å²) in [5.41, 5.74) is -0.734. The number of hydrogen-bond donors (Lipinski definition) is 0. The summed E-state index contributed by atoms with van der Waals surface area (Å²) in [6.07, 6.45) is -3.31. The predicted molar refractivity (Wildman–Crippen MR) is 69.6 cm³/mol. The summed E-state index contributed by atoms with van der Waals surface area (Å²) < 4.78 is 38.5. The Morgan fingerprint density at radius 1 is 1.37 bits per heavy atom. The highest BCUT2D eigenvalue weighted by molar-refractivity contribution is 5.79. The summed E-state index contributed by atoms with van der Waals surface area (Å²) in [5, 5.41) is 0. The molecule has 0 saturated carbocycles. The van der Waals surface area contributed by atoms with E-state index in [0.29, 0.717) is 18.2 Å². The van der Waals surface area contributed by atoms with Crippen LogP contribution in [0.25, 0.3) is 0 Å². The number of nitrogens with zero attached hydrogens (tertiary/aromatic N) is 1. The summed E-state index contributed by atoms with van der Waals surface area (Å²) in [7, 11) is 1.75. The van der Waals surface area contributed by atoms with E-state index in [1.807, 2.05) is 13.8 Å². The van der Waals surface area contributed by atoms with Gasteiger partial charge in [0.05, 0.1) is 5.56 Å². The molecule has 0 aliphatic heterocycles. The Balaban J connectivity index is 3.08. The van der Waals surface area contributed by atoms with E-state index in [4.69, 9.17) is 0 Å². The minimum Gasteiger partial charge on any atom is -0.374 e. The van der Waals surface area contributed by atoms with Gasteiger partial charge in [0.1, 0.15) is 0 Å². The third-order valence-corrected chi connectivity index (χ3v) is 3.19. The van der Waals surface area contributed by atoms with Crippen molar-refractivity contribution < 1.29 is 18.0 Å². The molecule has 0 amide bonds. The van der Waals surface area contributed by atoms with Crippen molar-refractivity contribution in [1.29, 1.82) is 0 Å². The second-order valence-corrected chi connectivity index (χ2v) is 4.78. The minimum atomic E-state index is -4.51. The van der Waals surface area contributed by atoms with Gasteiger partial charge in [-0.05, 0) is 24.1 Å². The van der Waals surface area contributed by atoms with Gasteiger partial charge in [-0.15, -0.1) is 0 Å². The average Bonchev–Trinajstić information content (AvgIpc) is 2.36. The molecule has 0 spiro atoms. The molecule has 106 valence electrons. The molecule has 1 aromatic rings. The Bertz CT molecular complexity index is 443. The van der Waals surface area contributed by atoms with Gasteiger partial charge in [0, 0.05) is 24.8 Å². The maximum atomic E-state index is 12.8. The van der Waals surface area contributed by atoms with Crippen LogP contribution in [0.4, 0.5) is 18.9 Å². The third kappa shape index (κ3) is 3.98. The van der Waals surface area contributed by atoms with E-state index in [9.17, 15) is 18.0 Å². The van der Waals surface area contributed by atoms with Crippen molar-refractivity contribution in [2.24, 2.45) is 5.92 Å². The van der Waals surface area contributed by atoms with Gasteiger partial charge in [-0.1, -0.05) is 20.3 Å². The first-order valence-electron chi connectivity index (χ1n) is 6.17. The van der Waals surface area contributed by atoms with E-state index in [1.54, 1.807) is 18.0 Å². The van der Waals surface area contributed by atoms with Crippen molar-refractivity contribution in [3.63, 3.8) is 0 Å². The number of aldehydes is 1. The molecule has 1 aromatic carbocycles. The van der Waals surface area contributed by atoms with Gasteiger partial charge in [0.2, 0.25) is 0 Å². The maximum absolute atomic E-state index is 12.8. The zero-order valence-corrected chi connectivity index (χ0v) is 11.3.